The number of benzene rings is 1. The molecule has 4 heterocycles. The highest BCUT2D eigenvalue weighted by Crippen LogP contribution is 2.31. The number of aromatic nitrogens is 4. The standard InChI is InChI=1S/C28H35F2N7O2/c29-26(30)27-32-22-4-1-2-5-23(22)37(27)25-17-24(36-12-14-39-15-13-36)33-28(34-25)31-20-8-6-19(7-9-20)16-21(38)18-35-10-3-11-35/h1-2,4-5,17,19-20,26H,3,6-16,18H2,(H,31,33,34). The summed E-state index contributed by atoms with van der Waals surface area (Å²) >= 11 is 0. The SMILES string of the molecule is O=C(CC1CCC(Nc2nc(N3CCOCC3)cc(-n3c(C(F)F)nc4ccccc43)n2)CC1)CN1CCC1. The number of ketones is 1. The molecule has 0 bridgehead atoms. The van der Waals surface area contributed by atoms with Crippen LogP contribution in [-0.2, 0) is 9.53 Å². The van der Waals surface area contributed by atoms with Crippen molar-refractivity contribution in [3.8, 4) is 5.82 Å². The third-order valence-corrected chi connectivity index (χ3v) is 8.09. The van der Waals surface area contributed by atoms with Gasteiger partial charge in [-0.05, 0) is 63.2 Å². The molecule has 3 fully saturated rings. The molecule has 3 aromatic rings. The number of rotatable bonds is 9. The number of morpholine rings is 1. The molecule has 2 aliphatic heterocycles. The molecule has 0 atom stereocenters. The molecule has 11 heteroatoms. The molecule has 0 unspecified atom stereocenters. The van der Waals surface area contributed by atoms with Crippen molar-refractivity contribution in [2.24, 2.45) is 5.92 Å². The smallest absolute Gasteiger partial charge is 0.296 e. The fourth-order valence-corrected chi connectivity index (χ4v) is 5.86. The first-order chi connectivity index (χ1) is 19.0. The van der Waals surface area contributed by atoms with Gasteiger partial charge in [0, 0.05) is 31.6 Å². The van der Waals surface area contributed by atoms with Crippen LogP contribution in [-0.4, -0.2) is 82.2 Å². The zero-order valence-corrected chi connectivity index (χ0v) is 22.1. The van der Waals surface area contributed by atoms with Gasteiger partial charge in [0.25, 0.3) is 6.43 Å². The van der Waals surface area contributed by atoms with Crippen LogP contribution in [0.2, 0.25) is 0 Å². The van der Waals surface area contributed by atoms with Crippen LogP contribution in [0.25, 0.3) is 16.9 Å². The Hall–Kier alpha value is -3.18. The number of alkyl halides is 2. The lowest BCUT2D eigenvalue weighted by molar-refractivity contribution is -0.122. The zero-order valence-electron chi connectivity index (χ0n) is 22.1. The average molecular weight is 540 g/mol. The Morgan fingerprint density at radius 3 is 2.46 bits per heavy atom. The number of imidazole rings is 1. The lowest BCUT2D eigenvalue weighted by Crippen LogP contribution is -2.41. The van der Waals surface area contributed by atoms with Gasteiger partial charge in [-0.1, -0.05) is 12.1 Å². The number of para-hydroxylation sites is 2. The third kappa shape index (κ3) is 5.89. The number of carbonyl (C=O) groups excluding carboxylic acids is 1. The lowest BCUT2D eigenvalue weighted by atomic mass is 9.83. The molecule has 3 aliphatic rings. The first-order valence-electron chi connectivity index (χ1n) is 14.0. The largest absolute Gasteiger partial charge is 0.378 e. The molecular formula is C28H35F2N7O2. The van der Waals surface area contributed by atoms with Gasteiger partial charge in [-0.2, -0.15) is 9.97 Å². The Morgan fingerprint density at radius 1 is 1.00 bits per heavy atom. The summed E-state index contributed by atoms with van der Waals surface area (Å²) in [6.45, 7) is 5.17. The average Bonchev–Trinajstić information content (AvgIpc) is 3.32. The lowest BCUT2D eigenvalue weighted by Gasteiger charge is -2.32. The summed E-state index contributed by atoms with van der Waals surface area (Å²) in [5.41, 5.74) is 1.07. The maximum Gasteiger partial charge on any atom is 0.296 e. The molecule has 2 saturated heterocycles. The van der Waals surface area contributed by atoms with Crippen LogP contribution in [0, 0.1) is 5.92 Å². The van der Waals surface area contributed by atoms with E-state index in [0.717, 1.165) is 38.8 Å². The summed E-state index contributed by atoms with van der Waals surface area (Å²) in [5.74, 6) is 1.89. The summed E-state index contributed by atoms with van der Waals surface area (Å²) < 4.78 is 35.2. The van der Waals surface area contributed by atoms with E-state index < -0.39 is 6.43 Å². The maximum atomic E-state index is 14.1. The number of likely N-dealkylation sites (tertiary alicyclic amines) is 1. The van der Waals surface area contributed by atoms with Crippen molar-refractivity contribution in [3.63, 3.8) is 0 Å². The van der Waals surface area contributed by atoms with E-state index in [9.17, 15) is 13.6 Å². The zero-order chi connectivity index (χ0) is 26.8. The number of ether oxygens (including phenoxy) is 1. The number of anilines is 2. The topological polar surface area (TPSA) is 88.4 Å². The van der Waals surface area contributed by atoms with Gasteiger partial charge in [-0.15, -0.1) is 0 Å². The van der Waals surface area contributed by atoms with Crippen molar-refractivity contribution in [1.82, 2.24) is 24.4 Å². The van der Waals surface area contributed by atoms with Crippen LogP contribution < -0.4 is 10.2 Å². The number of hydrogen-bond donors (Lipinski definition) is 1. The number of Topliss-reactive ketones (excluding diaryl/α,β-unsaturated/α-hetero) is 1. The minimum atomic E-state index is -2.75. The van der Waals surface area contributed by atoms with Crippen molar-refractivity contribution in [1.29, 1.82) is 0 Å². The number of fused-ring (bicyclic) bond motifs is 1. The molecule has 0 amide bonds. The Bertz CT molecular complexity index is 1300. The normalized spacial score (nSPS) is 22.3. The van der Waals surface area contributed by atoms with Crippen LogP contribution >= 0.6 is 0 Å². The van der Waals surface area contributed by atoms with Crippen LogP contribution in [0.15, 0.2) is 30.3 Å². The molecule has 1 aliphatic carbocycles. The molecule has 9 nitrogen and oxygen atoms in total. The van der Waals surface area contributed by atoms with Gasteiger partial charge in [0.15, 0.2) is 5.82 Å². The highest BCUT2D eigenvalue weighted by molar-refractivity contribution is 5.81. The van der Waals surface area contributed by atoms with Crippen LogP contribution in [0.1, 0.15) is 50.8 Å². The molecule has 1 saturated carbocycles. The van der Waals surface area contributed by atoms with E-state index in [1.54, 1.807) is 24.3 Å². The Balaban J connectivity index is 1.22. The van der Waals surface area contributed by atoms with Crippen molar-refractivity contribution in [2.45, 2.75) is 51.0 Å². The van der Waals surface area contributed by atoms with Gasteiger partial charge in [-0.25, -0.2) is 13.8 Å². The Kier molecular flexibility index (Phi) is 7.69. The molecule has 0 radical (unpaired) electrons. The fourth-order valence-electron chi connectivity index (χ4n) is 5.86. The molecule has 39 heavy (non-hydrogen) atoms. The summed E-state index contributed by atoms with van der Waals surface area (Å²) in [6, 6.07) is 9.03. The van der Waals surface area contributed by atoms with Crippen LogP contribution in [0.4, 0.5) is 20.5 Å². The monoisotopic (exact) mass is 539 g/mol. The molecule has 6 rings (SSSR count). The van der Waals surface area contributed by atoms with Gasteiger partial charge in [0.05, 0.1) is 30.8 Å². The number of halogens is 2. The van der Waals surface area contributed by atoms with Gasteiger partial charge < -0.3 is 15.0 Å². The molecule has 208 valence electrons. The predicted molar refractivity (Wildman–Crippen MR) is 145 cm³/mol. The van der Waals surface area contributed by atoms with E-state index >= 15 is 0 Å². The number of hydrogen-bond acceptors (Lipinski definition) is 8. The molecule has 1 N–H and O–H groups in total. The third-order valence-electron chi connectivity index (χ3n) is 8.09. The van der Waals surface area contributed by atoms with Gasteiger partial charge >= 0.3 is 0 Å². The summed E-state index contributed by atoms with van der Waals surface area (Å²) in [6.07, 6.45) is 2.87. The summed E-state index contributed by atoms with van der Waals surface area (Å²) in [5, 5.41) is 3.49. The second-order valence-electron chi connectivity index (χ2n) is 10.8. The highest BCUT2D eigenvalue weighted by atomic mass is 19.3. The van der Waals surface area contributed by atoms with E-state index in [1.165, 1.54) is 11.0 Å². The van der Waals surface area contributed by atoms with Gasteiger partial charge in [0.1, 0.15) is 17.4 Å². The van der Waals surface area contributed by atoms with Crippen LogP contribution in [0.5, 0.6) is 0 Å². The Labute approximate surface area is 226 Å². The first-order valence-corrected chi connectivity index (χ1v) is 14.0. The minimum Gasteiger partial charge on any atom is -0.378 e. The van der Waals surface area contributed by atoms with E-state index in [4.69, 9.17) is 14.7 Å². The molecule has 2 aromatic heterocycles. The molecular weight excluding hydrogens is 504 g/mol. The number of carbonyl (C=O) groups is 1. The van der Waals surface area contributed by atoms with Crippen molar-refractivity contribution < 1.29 is 18.3 Å². The van der Waals surface area contributed by atoms with E-state index in [1.807, 2.05) is 6.07 Å². The number of nitrogens with one attached hydrogen (secondary N) is 1. The van der Waals surface area contributed by atoms with Crippen molar-refractivity contribution >= 4 is 28.6 Å². The fraction of sp³-hybridized carbons (Fsp3) is 0.571. The molecule has 1 aromatic carbocycles. The quantitative estimate of drug-likeness (QED) is 0.433. The van der Waals surface area contributed by atoms with Crippen molar-refractivity contribution in [2.75, 3.05) is 56.2 Å². The predicted octanol–water partition coefficient (Wildman–Crippen LogP) is 4.23. The van der Waals surface area contributed by atoms with E-state index in [-0.39, 0.29) is 11.9 Å². The van der Waals surface area contributed by atoms with E-state index in [0.29, 0.717) is 79.6 Å². The maximum absolute atomic E-state index is 14.1. The van der Waals surface area contributed by atoms with E-state index in [2.05, 4.69) is 20.1 Å². The second kappa shape index (κ2) is 11.5. The van der Waals surface area contributed by atoms with Crippen molar-refractivity contribution in [3.05, 3.63) is 36.2 Å². The highest BCUT2D eigenvalue weighted by Gasteiger charge is 2.27. The second-order valence-corrected chi connectivity index (χ2v) is 10.8. The molecule has 0 spiro atoms. The Morgan fingerprint density at radius 2 is 1.74 bits per heavy atom. The number of nitrogens with zero attached hydrogens (tertiary/aromatic N) is 6. The van der Waals surface area contributed by atoms with Gasteiger partial charge in [0.2, 0.25) is 5.95 Å². The summed E-state index contributed by atoms with van der Waals surface area (Å²) in [4.78, 5) is 30.5. The summed E-state index contributed by atoms with van der Waals surface area (Å²) in [7, 11) is 0. The first kappa shape index (κ1) is 26.1. The minimum absolute atomic E-state index is 0.161. The van der Waals surface area contributed by atoms with Crippen LogP contribution in [0.3, 0.4) is 0 Å². The van der Waals surface area contributed by atoms with Gasteiger partial charge in [-0.3, -0.25) is 14.3 Å².